The third-order valence-corrected chi connectivity index (χ3v) is 2.61. The lowest BCUT2D eigenvalue weighted by molar-refractivity contribution is -0.136. The van der Waals surface area contributed by atoms with Gasteiger partial charge in [0.25, 0.3) is 0 Å². The predicted molar refractivity (Wildman–Crippen MR) is 59.1 cm³/mol. The smallest absolute Gasteiger partial charge is 0.307 e. The molecular weight excluding hydrogens is 210 g/mol. The van der Waals surface area contributed by atoms with Gasteiger partial charge in [-0.3, -0.25) is 4.79 Å². The first kappa shape index (κ1) is 11.6. The molecule has 0 aliphatic rings. The van der Waals surface area contributed by atoms with E-state index >= 15 is 0 Å². The van der Waals surface area contributed by atoms with E-state index in [1.165, 1.54) is 0 Å². The summed E-state index contributed by atoms with van der Waals surface area (Å²) >= 11 is 4.17. The van der Waals surface area contributed by atoms with Crippen molar-refractivity contribution in [2.45, 2.75) is 24.7 Å². The average molecular weight is 221 g/mol. The van der Waals surface area contributed by atoms with Crippen molar-refractivity contribution in [3.8, 4) is 6.07 Å². The summed E-state index contributed by atoms with van der Waals surface area (Å²) < 4.78 is 0. The largest absolute Gasteiger partial charge is 0.481 e. The molecule has 15 heavy (non-hydrogen) atoms. The Morgan fingerprint density at radius 1 is 1.60 bits per heavy atom. The standard InChI is InChI=1S/C11H11NO2S/c1-2-7-3-4-10(15)8(5-11(13)14)9(7)6-12/h3-4,15H,2,5H2,1H3,(H,13,14). The summed E-state index contributed by atoms with van der Waals surface area (Å²) in [6.45, 7) is 1.93. The second kappa shape index (κ2) is 4.85. The number of nitrogens with zero attached hydrogens (tertiary/aromatic N) is 1. The third-order valence-electron chi connectivity index (χ3n) is 2.20. The number of aliphatic carboxylic acids is 1. The highest BCUT2D eigenvalue weighted by molar-refractivity contribution is 7.80. The van der Waals surface area contributed by atoms with Crippen molar-refractivity contribution >= 4 is 18.6 Å². The molecule has 4 heteroatoms. The Balaban J connectivity index is 3.33. The van der Waals surface area contributed by atoms with Gasteiger partial charge in [0.2, 0.25) is 0 Å². The Hall–Kier alpha value is -1.47. The fourth-order valence-electron chi connectivity index (χ4n) is 1.45. The highest BCUT2D eigenvalue weighted by atomic mass is 32.1. The average Bonchev–Trinajstić information content (AvgIpc) is 2.20. The van der Waals surface area contributed by atoms with Crippen molar-refractivity contribution in [1.82, 2.24) is 0 Å². The molecular formula is C11H11NO2S. The number of thiol groups is 1. The van der Waals surface area contributed by atoms with Gasteiger partial charge in [0.15, 0.2) is 0 Å². The molecule has 0 saturated carbocycles. The van der Waals surface area contributed by atoms with E-state index in [-0.39, 0.29) is 6.42 Å². The summed E-state index contributed by atoms with van der Waals surface area (Å²) in [6.07, 6.45) is 0.555. The van der Waals surface area contributed by atoms with Crippen LogP contribution in [-0.4, -0.2) is 11.1 Å². The Morgan fingerprint density at radius 2 is 2.27 bits per heavy atom. The molecule has 0 heterocycles. The van der Waals surface area contributed by atoms with Gasteiger partial charge >= 0.3 is 5.97 Å². The maximum Gasteiger partial charge on any atom is 0.307 e. The van der Waals surface area contributed by atoms with E-state index in [9.17, 15) is 4.79 Å². The number of rotatable bonds is 3. The van der Waals surface area contributed by atoms with Crippen LogP contribution in [0.4, 0.5) is 0 Å². The molecule has 0 aliphatic carbocycles. The van der Waals surface area contributed by atoms with Crippen LogP contribution in [-0.2, 0) is 17.6 Å². The monoisotopic (exact) mass is 221 g/mol. The van der Waals surface area contributed by atoms with Crippen LogP contribution in [0, 0.1) is 11.3 Å². The molecule has 0 unspecified atom stereocenters. The topological polar surface area (TPSA) is 61.1 Å². The van der Waals surface area contributed by atoms with E-state index in [0.29, 0.717) is 22.4 Å². The summed E-state index contributed by atoms with van der Waals surface area (Å²) in [7, 11) is 0. The minimum Gasteiger partial charge on any atom is -0.481 e. The third kappa shape index (κ3) is 2.51. The molecule has 0 saturated heterocycles. The number of aryl methyl sites for hydroxylation is 1. The Kier molecular flexibility index (Phi) is 3.75. The van der Waals surface area contributed by atoms with Crippen LogP contribution in [0.25, 0.3) is 0 Å². The number of hydrogen-bond acceptors (Lipinski definition) is 3. The molecule has 0 fully saturated rings. The van der Waals surface area contributed by atoms with Gasteiger partial charge in [-0.25, -0.2) is 0 Å². The van der Waals surface area contributed by atoms with Gasteiger partial charge in [-0.2, -0.15) is 5.26 Å². The van der Waals surface area contributed by atoms with Crippen LogP contribution < -0.4 is 0 Å². The summed E-state index contributed by atoms with van der Waals surface area (Å²) in [6, 6.07) is 5.60. The first-order valence-electron chi connectivity index (χ1n) is 4.55. The lowest BCUT2D eigenvalue weighted by atomic mass is 9.98. The summed E-state index contributed by atoms with van der Waals surface area (Å²) in [5.41, 5.74) is 1.83. The Labute approximate surface area is 93.8 Å². The molecule has 3 nitrogen and oxygen atoms in total. The number of carboxylic acid groups (broad SMARTS) is 1. The molecule has 0 aromatic heterocycles. The number of hydrogen-bond donors (Lipinski definition) is 2. The normalized spacial score (nSPS) is 9.67. The quantitative estimate of drug-likeness (QED) is 0.768. The fraction of sp³-hybridized carbons (Fsp3) is 0.273. The molecule has 0 spiro atoms. The zero-order valence-corrected chi connectivity index (χ0v) is 9.21. The number of nitriles is 1. The van der Waals surface area contributed by atoms with E-state index in [0.717, 1.165) is 5.56 Å². The van der Waals surface area contributed by atoms with E-state index < -0.39 is 5.97 Å². The van der Waals surface area contributed by atoms with E-state index in [1.54, 1.807) is 6.07 Å². The second-order valence-corrected chi connectivity index (χ2v) is 3.62. The lowest BCUT2D eigenvalue weighted by Crippen LogP contribution is -2.05. The van der Waals surface area contributed by atoms with Crippen LogP contribution in [0.2, 0.25) is 0 Å². The Bertz CT molecular complexity index is 435. The van der Waals surface area contributed by atoms with Gasteiger partial charge in [-0.15, -0.1) is 12.6 Å². The number of benzene rings is 1. The SMILES string of the molecule is CCc1ccc(S)c(CC(=O)O)c1C#N. The predicted octanol–water partition coefficient (Wildman–Crippen LogP) is 2.04. The molecule has 1 aromatic carbocycles. The van der Waals surface area contributed by atoms with Gasteiger partial charge in [0.1, 0.15) is 0 Å². The van der Waals surface area contributed by atoms with E-state index in [1.807, 2.05) is 19.1 Å². The second-order valence-electron chi connectivity index (χ2n) is 3.13. The van der Waals surface area contributed by atoms with Gasteiger partial charge in [0.05, 0.1) is 18.1 Å². The van der Waals surface area contributed by atoms with E-state index in [2.05, 4.69) is 12.6 Å². The maximum atomic E-state index is 10.6. The van der Waals surface area contributed by atoms with Crippen LogP contribution in [0.3, 0.4) is 0 Å². The van der Waals surface area contributed by atoms with Crippen LogP contribution >= 0.6 is 12.6 Å². The van der Waals surface area contributed by atoms with Crippen molar-refractivity contribution in [3.63, 3.8) is 0 Å². The zero-order chi connectivity index (χ0) is 11.4. The van der Waals surface area contributed by atoms with Gasteiger partial charge < -0.3 is 5.11 Å². The summed E-state index contributed by atoms with van der Waals surface area (Å²) in [4.78, 5) is 11.2. The first-order valence-corrected chi connectivity index (χ1v) is 5.00. The molecule has 78 valence electrons. The number of carboxylic acids is 1. The molecule has 1 N–H and O–H groups in total. The van der Waals surface area contributed by atoms with Crippen molar-refractivity contribution in [2.75, 3.05) is 0 Å². The van der Waals surface area contributed by atoms with Crippen molar-refractivity contribution < 1.29 is 9.90 Å². The molecule has 0 atom stereocenters. The lowest BCUT2D eigenvalue weighted by Gasteiger charge is -2.08. The van der Waals surface area contributed by atoms with Crippen LogP contribution in [0.5, 0.6) is 0 Å². The molecule has 0 amide bonds. The number of carbonyl (C=O) groups is 1. The fourth-order valence-corrected chi connectivity index (χ4v) is 1.71. The van der Waals surface area contributed by atoms with Gasteiger partial charge in [-0.05, 0) is 23.6 Å². The summed E-state index contributed by atoms with van der Waals surface area (Å²) in [5.74, 6) is -0.949. The molecule has 0 radical (unpaired) electrons. The molecule has 1 rings (SSSR count). The van der Waals surface area contributed by atoms with Crippen LogP contribution in [0.1, 0.15) is 23.6 Å². The minimum absolute atomic E-state index is 0.157. The first-order chi connectivity index (χ1) is 7.10. The maximum absolute atomic E-state index is 10.6. The zero-order valence-electron chi connectivity index (χ0n) is 8.32. The van der Waals surface area contributed by atoms with Crippen molar-refractivity contribution in [2.24, 2.45) is 0 Å². The molecule has 1 aromatic rings. The van der Waals surface area contributed by atoms with Crippen LogP contribution in [0.15, 0.2) is 17.0 Å². The van der Waals surface area contributed by atoms with Gasteiger partial charge in [-0.1, -0.05) is 13.0 Å². The van der Waals surface area contributed by atoms with Crippen molar-refractivity contribution in [1.29, 1.82) is 5.26 Å². The summed E-state index contributed by atoms with van der Waals surface area (Å²) in [5, 5.41) is 17.7. The molecule has 0 aliphatic heterocycles. The Morgan fingerprint density at radius 3 is 2.73 bits per heavy atom. The minimum atomic E-state index is -0.949. The molecule has 0 bridgehead atoms. The van der Waals surface area contributed by atoms with E-state index in [4.69, 9.17) is 10.4 Å². The highest BCUT2D eigenvalue weighted by Crippen LogP contribution is 2.22. The highest BCUT2D eigenvalue weighted by Gasteiger charge is 2.13. The van der Waals surface area contributed by atoms with Gasteiger partial charge in [0, 0.05) is 4.90 Å². The van der Waals surface area contributed by atoms with Crippen molar-refractivity contribution in [3.05, 3.63) is 28.8 Å².